The summed E-state index contributed by atoms with van der Waals surface area (Å²) in [6.45, 7) is 3.01. The van der Waals surface area contributed by atoms with Crippen LogP contribution in [0.2, 0.25) is 0 Å². The van der Waals surface area contributed by atoms with Gasteiger partial charge in [0.2, 0.25) is 5.91 Å². The summed E-state index contributed by atoms with van der Waals surface area (Å²) in [5.41, 5.74) is 1.64. The van der Waals surface area contributed by atoms with E-state index in [1.54, 1.807) is 0 Å². The van der Waals surface area contributed by atoms with Crippen LogP contribution in [0.1, 0.15) is 22.3 Å². The van der Waals surface area contributed by atoms with E-state index in [0.717, 1.165) is 12.0 Å². The Morgan fingerprint density at radius 1 is 0.828 bits per heavy atom. The average molecular weight is 394 g/mol. The number of carbonyl (C=O) groups is 3. The first-order valence-corrected chi connectivity index (χ1v) is 9.80. The zero-order chi connectivity index (χ0) is 20.5. The molecule has 1 saturated heterocycles. The summed E-state index contributed by atoms with van der Waals surface area (Å²) in [4.78, 5) is 40.5. The molecule has 1 aliphatic heterocycles. The lowest BCUT2D eigenvalue weighted by Gasteiger charge is -2.21. The maximum atomic E-state index is 12.6. The third-order valence-electron chi connectivity index (χ3n) is 4.81. The molecule has 1 fully saturated rings. The molecule has 2 aromatic carbocycles. The fourth-order valence-electron chi connectivity index (χ4n) is 3.29. The fourth-order valence-corrected chi connectivity index (χ4v) is 3.29. The molecule has 0 unspecified atom stereocenters. The number of imide groups is 1. The lowest BCUT2D eigenvalue weighted by Crippen LogP contribution is -2.45. The minimum atomic E-state index is -0.505. The van der Waals surface area contributed by atoms with Crippen LogP contribution in [0.3, 0.4) is 0 Å². The Kier molecular flexibility index (Phi) is 7.35. The van der Waals surface area contributed by atoms with Crippen molar-refractivity contribution >= 4 is 17.8 Å². The average Bonchev–Trinajstić information content (AvgIpc) is 2.98. The normalized spacial score (nSPS) is 14.7. The Balaban J connectivity index is 1.41. The summed E-state index contributed by atoms with van der Waals surface area (Å²) in [7, 11) is 0. The van der Waals surface area contributed by atoms with Gasteiger partial charge in [0.15, 0.2) is 0 Å². The first-order valence-electron chi connectivity index (χ1n) is 9.80. The second kappa shape index (κ2) is 10.4. The van der Waals surface area contributed by atoms with E-state index in [-0.39, 0.29) is 18.4 Å². The largest absolute Gasteiger partial charge is 0.337 e. The Hall–Kier alpha value is -3.19. The predicted octanol–water partition coefficient (Wildman–Crippen LogP) is 1.86. The molecule has 152 valence electrons. The minimum absolute atomic E-state index is 0.0113. The van der Waals surface area contributed by atoms with Gasteiger partial charge in [-0.1, -0.05) is 48.5 Å². The van der Waals surface area contributed by atoms with E-state index in [1.165, 1.54) is 0 Å². The van der Waals surface area contributed by atoms with Crippen LogP contribution in [0.4, 0.5) is 4.79 Å². The van der Waals surface area contributed by atoms with Crippen LogP contribution in [-0.2, 0) is 11.3 Å². The first-order chi connectivity index (χ1) is 14.1. The van der Waals surface area contributed by atoms with Crippen LogP contribution in [0.25, 0.3) is 0 Å². The predicted molar refractivity (Wildman–Crippen MR) is 110 cm³/mol. The van der Waals surface area contributed by atoms with Crippen LogP contribution in [0, 0.1) is 0 Å². The highest BCUT2D eigenvalue weighted by molar-refractivity contribution is 5.95. The van der Waals surface area contributed by atoms with E-state index < -0.39 is 6.03 Å². The zero-order valence-electron chi connectivity index (χ0n) is 16.3. The molecule has 1 aliphatic rings. The van der Waals surface area contributed by atoms with Gasteiger partial charge in [-0.05, 0) is 24.1 Å². The quantitative estimate of drug-likeness (QED) is 0.811. The SMILES string of the molecule is O=C(CN1CCCN(C(=O)c2ccccc2)CC1)NC(=O)NCc1ccccc1. The number of hydrogen-bond acceptors (Lipinski definition) is 4. The van der Waals surface area contributed by atoms with E-state index in [9.17, 15) is 14.4 Å². The van der Waals surface area contributed by atoms with Gasteiger partial charge in [-0.2, -0.15) is 0 Å². The van der Waals surface area contributed by atoms with Crippen LogP contribution < -0.4 is 10.6 Å². The van der Waals surface area contributed by atoms with E-state index in [0.29, 0.717) is 38.3 Å². The van der Waals surface area contributed by atoms with Crippen molar-refractivity contribution in [1.29, 1.82) is 0 Å². The molecule has 2 aromatic rings. The van der Waals surface area contributed by atoms with Gasteiger partial charge in [0, 0.05) is 38.3 Å². The molecule has 0 bridgehead atoms. The summed E-state index contributed by atoms with van der Waals surface area (Å²) in [6, 6.07) is 18.2. The van der Waals surface area contributed by atoms with Gasteiger partial charge in [-0.25, -0.2) is 4.79 Å². The summed E-state index contributed by atoms with van der Waals surface area (Å²) >= 11 is 0. The number of carbonyl (C=O) groups excluding carboxylic acids is 3. The molecular formula is C22H26N4O3. The third kappa shape index (κ3) is 6.43. The highest BCUT2D eigenvalue weighted by atomic mass is 16.2. The van der Waals surface area contributed by atoms with Gasteiger partial charge in [-0.3, -0.25) is 19.8 Å². The van der Waals surface area contributed by atoms with E-state index >= 15 is 0 Å². The molecule has 7 heteroatoms. The molecule has 3 rings (SSSR count). The van der Waals surface area contributed by atoms with Crippen LogP contribution in [0.15, 0.2) is 60.7 Å². The lowest BCUT2D eigenvalue weighted by molar-refractivity contribution is -0.121. The molecule has 29 heavy (non-hydrogen) atoms. The third-order valence-corrected chi connectivity index (χ3v) is 4.81. The Bertz CT molecular complexity index is 826. The second-order valence-corrected chi connectivity index (χ2v) is 7.00. The topological polar surface area (TPSA) is 81.8 Å². The Morgan fingerprint density at radius 3 is 2.24 bits per heavy atom. The van der Waals surface area contributed by atoms with Crippen molar-refractivity contribution in [2.24, 2.45) is 0 Å². The highest BCUT2D eigenvalue weighted by Crippen LogP contribution is 2.09. The van der Waals surface area contributed by atoms with Gasteiger partial charge in [0.25, 0.3) is 5.91 Å². The van der Waals surface area contributed by atoms with Gasteiger partial charge >= 0.3 is 6.03 Å². The van der Waals surface area contributed by atoms with Crippen molar-refractivity contribution in [3.05, 3.63) is 71.8 Å². The standard InChI is InChI=1S/C22H26N4O3/c27-20(24-22(29)23-16-18-8-3-1-4-9-18)17-25-12-7-13-26(15-14-25)21(28)19-10-5-2-6-11-19/h1-6,8-11H,7,12-17H2,(H2,23,24,27,29). The summed E-state index contributed by atoms with van der Waals surface area (Å²) in [5, 5.41) is 5.04. The number of benzene rings is 2. The van der Waals surface area contributed by atoms with E-state index in [1.807, 2.05) is 70.5 Å². The molecule has 7 nitrogen and oxygen atoms in total. The van der Waals surface area contributed by atoms with Crippen LogP contribution >= 0.6 is 0 Å². The molecule has 0 aliphatic carbocycles. The molecule has 0 atom stereocenters. The molecule has 0 saturated carbocycles. The van der Waals surface area contributed by atoms with Gasteiger partial charge in [0.1, 0.15) is 0 Å². The van der Waals surface area contributed by atoms with Gasteiger partial charge < -0.3 is 10.2 Å². The number of amides is 4. The molecule has 2 N–H and O–H groups in total. The smallest absolute Gasteiger partial charge is 0.321 e. The molecule has 4 amide bonds. The summed E-state index contributed by atoms with van der Waals surface area (Å²) < 4.78 is 0. The Morgan fingerprint density at radius 2 is 1.52 bits per heavy atom. The van der Waals surface area contributed by atoms with Crippen molar-refractivity contribution in [3.63, 3.8) is 0 Å². The minimum Gasteiger partial charge on any atom is -0.337 e. The van der Waals surface area contributed by atoms with Gasteiger partial charge in [-0.15, -0.1) is 0 Å². The van der Waals surface area contributed by atoms with Crippen molar-refractivity contribution in [2.45, 2.75) is 13.0 Å². The van der Waals surface area contributed by atoms with E-state index in [2.05, 4.69) is 10.6 Å². The van der Waals surface area contributed by atoms with E-state index in [4.69, 9.17) is 0 Å². The Labute approximate surface area is 170 Å². The number of hydrogen-bond donors (Lipinski definition) is 2. The molecule has 0 radical (unpaired) electrons. The van der Waals surface area contributed by atoms with Crippen molar-refractivity contribution < 1.29 is 14.4 Å². The number of urea groups is 1. The molecule has 0 aromatic heterocycles. The van der Waals surface area contributed by atoms with Crippen molar-refractivity contribution in [3.8, 4) is 0 Å². The molecular weight excluding hydrogens is 368 g/mol. The number of nitrogens with one attached hydrogen (secondary N) is 2. The lowest BCUT2D eigenvalue weighted by atomic mass is 10.2. The maximum absolute atomic E-state index is 12.6. The van der Waals surface area contributed by atoms with Crippen LogP contribution in [-0.4, -0.2) is 60.4 Å². The monoisotopic (exact) mass is 394 g/mol. The number of rotatable bonds is 5. The molecule has 0 spiro atoms. The van der Waals surface area contributed by atoms with Gasteiger partial charge in [0.05, 0.1) is 6.54 Å². The summed E-state index contributed by atoms with van der Waals surface area (Å²) in [5.74, 6) is -0.337. The number of nitrogens with zero attached hydrogens (tertiary/aromatic N) is 2. The van der Waals surface area contributed by atoms with Crippen molar-refractivity contribution in [2.75, 3.05) is 32.7 Å². The maximum Gasteiger partial charge on any atom is 0.321 e. The first kappa shape index (κ1) is 20.5. The molecule has 1 heterocycles. The fraction of sp³-hybridized carbons (Fsp3) is 0.318. The van der Waals surface area contributed by atoms with Crippen molar-refractivity contribution in [1.82, 2.24) is 20.4 Å². The zero-order valence-corrected chi connectivity index (χ0v) is 16.3. The van der Waals surface area contributed by atoms with Crippen LogP contribution in [0.5, 0.6) is 0 Å². The summed E-state index contributed by atoms with van der Waals surface area (Å²) in [6.07, 6.45) is 0.784. The second-order valence-electron chi connectivity index (χ2n) is 7.00. The highest BCUT2D eigenvalue weighted by Gasteiger charge is 2.21.